The molecule has 0 radical (unpaired) electrons. The highest BCUT2D eigenvalue weighted by Gasteiger charge is 2.38. The van der Waals surface area contributed by atoms with Gasteiger partial charge in [-0.2, -0.15) is 0 Å². The van der Waals surface area contributed by atoms with Crippen LogP contribution < -0.4 is 0 Å². The minimum absolute atomic E-state index is 0.249. The Hall–Kier alpha value is -0.0500. The summed E-state index contributed by atoms with van der Waals surface area (Å²) >= 11 is 0. The van der Waals surface area contributed by atoms with Crippen molar-refractivity contribution in [3.05, 3.63) is 0 Å². The predicted octanol–water partition coefficient (Wildman–Crippen LogP) is 2.53. The summed E-state index contributed by atoms with van der Waals surface area (Å²) in [7, 11) is -2.19. The molecule has 0 amide bonds. The van der Waals surface area contributed by atoms with Gasteiger partial charge in [-0.1, -0.05) is 19.3 Å². The van der Waals surface area contributed by atoms with Crippen LogP contribution in [0.1, 0.15) is 44.9 Å². The second kappa shape index (κ2) is 3.02. The highest BCUT2D eigenvalue weighted by molar-refractivity contribution is 7.93. The van der Waals surface area contributed by atoms with E-state index in [1.165, 1.54) is 19.3 Å². The van der Waals surface area contributed by atoms with E-state index >= 15 is 0 Å². The predicted molar refractivity (Wildman–Crippen MR) is 50.8 cm³/mol. The van der Waals surface area contributed by atoms with Crippen LogP contribution in [0.2, 0.25) is 0 Å². The van der Waals surface area contributed by atoms with Gasteiger partial charge < -0.3 is 0 Å². The van der Waals surface area contributed by atoms with E-state index in [0.717, 1.165) is 25.7 Å². The summed E-state index contributed by atoms with van der Waals surface area (Å²) in [5, 5.41) is 0.527. The Kier molecular flexibility index (Phi) is 2.15. The minimum Gasteiger partial charge on any atom is -0.252 e. The molecule has 0 spiro atoms. The molecule has 0 heterocycles. The maximum Gasteiger partial charge on any atom is 0.0499 e. The summed E-state index contributed by atoms with van der Waals surface area (Å²) in [5.41, 5.74) is 0. The SMILES string of the molecule is N=[S@](=O)(C1CCCCC1)C1CC1. The number of nitrogens with one attached hydrogen (secondary N) is 1. The molecule has 0 saturated heterocycles. The van der Waals surface area contributed by atoms with Gasteiger partial charge in [-0.3, -0.25) is 4.78 Å². The van der Waals surface area contributed by atoms with Gasteiger partial charge in [0.15, 0.2) is 0 Å². The molecule has 2 aliphatic carbocycles. The molecule has 2 rings (SSSR count). The Balaban J connectivity index is 2.05. The second-order valence-electron chi connectivity index (χ2n) is 4.11. The molecule has 0 aromatic carbocycles. The lowest BCUT2D eigenvalue weighted by molar-refractivity contribution is 0.501. The second-order valence-corrected chi connectivity index (χ2v) is 6.74. The molecule has 2 aliphatic rings. The zero-order valence-corrected chi connectivity index (χ0v) is 8.24. The molecule has 2 nitrogen and oxygen atoms in total. The van der Waals surface area contributed by atoms with Gasteiger partial charge in [0.25, 0.3) is 0 Å². The monoisotopic (exact) mass is 187 g/mol. The lowest BCUT2D eigenvalue weighted by Gasteiger charge is -2.23. The molecule has 0 aliphatic heterocycles. The number of hydrogen-bond donors (Lipinski definition) is 1. The molecule has 0 bridgehead atoms. The fourth-order valence-corrected chi connectivity index (χ4v) is 4.52. The maximum atomic E-state index is 12.0. The fourth-order valence-electron chi connectivity index (χ4n) is 2.11. The Bertz CT molecular complexity index is 248. The molecule has 12 heavy (non-hydrogen) atoms. The van der Waals surface area contributed by atoms with Crippen LogP contribution in [0.15, 0.2) is 0 Å². The van der Waals surface area contributed by atoms with Crippen molar-refractivity contribution in [2.75, 3.05) is 0 Å². The lowest BCUT2D eigenvalue weighted by atomic mass is 10.0. The van der Waals surface area contributed by atoms with Crippen molar-refractivity contribution in [2.45, 2.75) is 55.4 Å². The van der Waals surface area contributed by atoms with Crippen LogP contribution in [0, 0.1) is 4.78 Å². The van der Waals surface area contributed by atoms with Gasteiger partial charge in [-0.05, 0) is 25.7 Å². The molecule has 1 N–H and O–H groups in total. The number of hydrogen-bond acceptors (Lipinski definition) is 2. The van der Waals surface area contributed by atoms with Crippen LogP contribution in [0.5, 0.6) is 0 Å². The quantitative estimate of drug-likeness (QED) is 0.709. The van der Waals surface area contributed by atoms with E-state index in [1.807, 2.05) is 0 Å². The molecule has 0 aromatic rings. The molecule has 0 unspecified atom stereocenters. The van der Waals surface area contributed by atoms with Gasteiger partial charge in [0.05, 0.1) is 0 Å². The summed E-state index contributed by atoms with van der Waals surface area (Å²) < 4.78 is 19.8. The molecular weight excluding hydrogens is 170 g/mol. The molecule has 3 heteroatoms. The summed E-state index contributed by atoms with van der Waals surface area (Å²) in [4.78, 5) is 0. The summed E-state index contributed by atoms with van der Waals surface area (Å²) in [6.45, 7) is 0. The van der Waals surface area contributed by atoms with Crippen LogP contribution in [-0.2, 0) is 9.73 Å². The van der Waals surface area contributed by atoms with E-state index in [9.17, 15) is 4.21 Å². The van der Waals surface area contributed by atoms with Crippen molar-refractivity contribution < 1.29 is 4.21 Å². The third-order valence-electron chi connectivity index (χ3n) is 3.07. The Labute approximate surface area is 74.7 Å². The first kappa shape index (κ1) is 8.54. The topological polar surface area (TPSA) is 40.9 Å². The first-order valence-electron chi connectivity index (χ1n) is 4.98. The average Bonchev–Trinajstić information content (AvgIpc) is 2.88. The van der Waals surface area contributed by atoms with E-state index < -0.39 is 9.73 Å². The summed E-state index contributed by atoms with van der Waals surface area (Å²) in [5.74, 6) is 0. The third-order valence-corrected chi connectivity index (χ3v) is 5.99. The Morgan fingerprint density at radius 1 is 0.917 bits per heavy atom. The van der Waals surface area contributed by atoms with Crippen molar-refractivity contribution >= 4 is 9.73 Å². The van der Waals surface area contributed by atoms with E-state index in [0.29, 0.717) is 0 Å². The first-order valence-corrected chi connectivity index (χ1v) is 6.66. The zero-order valence-electron chi connectivity index (χ0n) is 7.42. The van der Waals surface area contributed by atoms with Crippen molar-refractivity contribution in [3.8, 4) is 0 Å². The normalized spacial score (nSPS) is 31.3. The van der Waals surface area contributed by atoms with Gasteiger partial charge in [-0.25, -0.2) is 4.21 Å². The van der Waals surface area contributed by atoms with E-state index in [-0.39, 0.29) is 10.5 Å². The summed E-state index contributed by atoms with van der Waals surface area (Å²) in [6, 6.07) is 0. The van der Waals surface area contributed by atoms with Crippen molar-refractivity contribution in [1.29, 1.82) is 4.78 Å². The average molecular weight is 187 g/mol. The first-order chi connectivity index (χ1) is 5.71. The smallest absolute Gasteiger partial charge is 0.0499 e. The van der Waals surface area contributed by atoms with Gasteiger partial charge in [0, 0.05) is 20.2 Å². The zero-order chi connectivity index (χ0) is 8.60. The molecular formula is C9H17NOS. The fraction of sp³-hybridized carbons (Fsp3) is 1.00. The van der Waals surface area contributed by atoms with Crippen molar-refractivity contribution in [2.24, 2.45) is 0 Å². The van der Waals surface area contributed by atoms with E-state index in [2.05, 4.69) is 0 Å². The third kappa shape index (κ3) is 1.51. The van der Waals surface area contributed by atoms with E-state index in [4.69, 9.17) is 4.78 Å². The van der Waals surface area contributed by atoms with Crippen LogP contribution in [0.4, 0.5) is 0 Å². The molecule has 2 fully saturated rings. The van der Waals surface area contributed by atoms with Gasteiger partial charge in [0.1, 0.15) is 0 Å². The standard InChI is InChI=1S/C9H17NOS/c10-12(11,9-6-7-9)8-4-2-1-3-5-8/h8-10H,1-7H2/t12-/m0/s1. The molecule has 2 saturated carbocycles. The Morgan fingerprint density at radius 3 is 1.92 bits per heavy atom. The number of rotatable bonds is 2. The largest absolute Gasteiger partial charge is 0.252 e. The molecule has 0 aromatic heterocycles. The molecule has 70 valence electrons. The minimum atomic E-state index is -2.19. The van der Waals surface area contributed by atoms with Crippen LogP contribution in [0.25, 0.3) is 0 Å². The highest BCUT2D eigenvalue weighted by atomic mass is 32.2. The lowest BCUT2D eigenvalue weighted by Crippen LogP contribution is -2.25. The summed E-state index contributed by atoms with van der Waals surface area (Å²) in [6.07, 6.45) is 7.91. The van der Waals surface area contributed by atoms with Gasteiger partial charge >= 0.3 is 0 Å². The van der Waals surface area contributed by atoms with Crippen molar-refractivity contribution in [1.82, 2.24) is 0 Å². The Morgan fingerprint density at radius 2 is 1.42 bits per heavy atom. The highest BCUT2D eigenvalue weighted by Crippen LogP contribution is 2.36. The van der Waals surface area contributed by atoms with Crippen molar-refractivity contribution in [3.63, 3.8) is 0 Å². The van der Waals surface area contributed by atoms with Crippen LogP contribution in [-0.4, -0.2) is 14.7 Å². The van der Waals surface area contributed by atoms with Gasteiger partial charge in [0.2, 0.25) is 0 Å². The van der Waals surface area contributed by atoms with Gasteiger partial charge in [-0.15, -0.1) is 0 Å². The maximum absolute atomic E-state index is 12.0. The van der Waals surface area contributed by atoms with Crippen LogP contribution in [0.3, 0.4) is 0 Å². The van der Waals surface area contributed by atoms with Crippen LogP contribution >= 0.6 is 0 Å². The van der Waals surface area contributed by atoms with E-state index in [1.54, 1.807) is 0 Å². The molecule has 1 atom stereocenters.